The Morgan fingerprint density at radius 3 is 2.73 bits per heavy atom. The molecule has 1 amide bonds. The number of thioether (sulfide) groups is 1. The zero-order valence-corrected chi connectivity index (χ0v) is 10.9. The molecule has 0 aromatic heterocycles. The Labute approximate surface area is 101 Å². The topological polar surface area (TPSA) is 46.3 Å². The number of nitrogens with zero attached hydrogens (tertiary/aromatic N) is 1. The Balaban J connectivity index is 2.61. The van der Waals surface area contributed by atoms with E-state index in [0.29, 0.717) is 11.5 Å². The van der Waals surface area contributed by atoms with Crippen molar-refractivity contribution in [3.8, 4) is 0 Å². The van der Waals surface area contributed by atoms with Crippen molar-refractivity contribution in [1.29, 1.82) is 0 Å². The molecule has 1 unspecified atom stereocenters. The first-order chi connectivity index (χ1) is 7.02. The number of carbonyl (C=O) groups is 1. The van der Waals surface area contributed by atoms with Gasteiger partial charge in [-0.25, -0.2) is 0 Å². The first-order valence-electron chi connectivity index (χ1n) is 5.22. The number of nitrogens with two attached hydrogens (primary N) is 1. The average molecular weight is 246 g/mol. The van der Waals surface area contributed by atoms with Gasteiger partial charge in [0.15, 0.2) is 0 Å². The lowest BCUT2D eigenvalue weighted by atomic mass is 10.2. The Morgan fingerprint density at radius 2 is 2.33 bits per heavy atom. The highest BCUT2D eigenvalue weighted by Gasteiger charge is 2.29. The van der Waals surface area contributed by atoms with Crippen LogP contribution in [0.2, 0.25) is 0 Å². The van der Waals surface area contributed by atoms with Crippen molar-refractivity contribution < 1.29 is 4.79 Å². The van der Waals surface area contributed by atoms with Gasteiger partial charge in [0.05, 0.1) is 16.8 Å². The highest BCUT2D eigenvalue weighted by atomic mass is 32.2. The predicted octanol–water partition coefficient (Wildman–Crippen LogP) is 1.41. The van der Waals surface area contributed by atoms with E-state index in [1.807, 2.05) is 13.8 Å². The Kier molecular flexibility index (Phi) is 4.86. The maximum atomic E-state index is 12.1. The number of hydrogen-bond donors (Lipinski definition) is 1. The molecule has 1 aliphatic heterocycles. The van der Waals surface area contributed by atoms with E-state index in [-0.39, 0.29) is 17.2 Å². The van der Waals surface area contributed by atoms with Gasteiger partial charge in [-0.15, -0.1) is 11.8 Å². The highest BCUT2D eigenvalue weighted by molar-refractivity contribution is 8.00. The molecule has 1 heterocycles. The second-order valence-electron chi connectivity index (χ2n) is 4.03. The minimum Gasteiger partial charge on any atom is -0.392 e. The lowest BCUT2D eigenvalue weighted by Gasteiger charge is -2.28. The predicted molar refractivity (Wildman–Crippen MR) is 69.1 cm³/mol. The molecule has 0 radical (unpaired) electrons. The van der Waals surface area contributed by atoms with Gasteiger partial charge in [-0.1, -0.05) is 12.2 Å². The maximum Gasteiger partial charge on any atom is 0.236 e. The van der Waals surface area contributed by atoms with Crippen molar-refractivity contribution >= 4 is 34.9 Å². The number of carbonyl (C=O) groups excluding carboxylic acids is 1. The van der Waals surface area contributed by atoms with E-state index >= 15 is 0 Å². The minimum absolute atomic E-state index is 0.127. The molecule has 0 bridgehead atoms. The molecule has 86 valence electrons. The summed E-state index contributed by atoms with van der Waals surface area (Å²) in [4.78, 5) is 14.3. The van der Waals surface area contributed by atoms with Crippen LogP contribution in [-0.2, 0) is 4.79 Å². The molecule has 0 aromatic carbocycles. The molecular weight excluding hydrogens is 228 g/mol. The van der Waals surface area contributed by atoms with Gasteiger partial charge in [0.1, 0.15) is 0 Å². The van der Waals surface area contributed by atoms with Gasteiger partial charge in [0.25, 0.3) is 0 Å². The fourth-order valence-corrected chi connectivity index (χ4v) is 3.01. The van der Waals surface area contributed by atoms with Crippen LogP contribution in [0.1, 0.15) is 26.7 Å². The van der Waals surface area contributed by atoms with Gasteiger partial charge < -0.3 is 10.6 Å². The SMILES string of the molecule is CC(C)N(CC(N)=S)C(=O)C1CCCS1. The zero-order valence-electron chi connectivity index (χ0n) is 9.23. The van der Waals surface area contributed by atoms with Crippen molar-refractivity contribution in [3.63, 3.8) is 0 Å². The average Bonchev–Trinajstić information content (AvgIpc) is 2.65. The van der Waals surface area contributed by atoms with Gasteiger partial charge in [0, 0.05) is 6.04 Å². The zero-order chi connectivity index (χ0) is 11.4. The van der Waals surface area contributed by atoms with E-state index in [1.54, 1.807) is 16.7 Å². The van der Waals surface area contributed by atoms with Crippen LogP contribution in [0.5, 0.6) is 0 Å². The van der Waals surface area contributed by atoms with Gasteiger partial charge in [-0.2, -0.15) is 0 Å². The molecule has 1 fully saturated rings. The smallest absolute Gasteiger partial charge is 0.236 e. The van der Waals surface area contributed by atoms with Crippen LogP contribution in [0.4, 0.5) is 0 Å². The van der Waals surface area contributed by atoms with Crippen LogP contribution in [0.15, 0.2) is 0 Å². The minimum atomic E-state index is 0.127. The lowest BCUT2D eigenvalue weighted by molar-refractivity contribution is -0.131. The Bertz CT molecular complexity index is 250. The first kappa shape index (κ1) is 12.8. The molecule has 1 aliphatic rings. The van der Waals surface area contributed by atoms with Crippen molar-refractivity contribution in [2.45, 2.75) is 38.0 Å². The summed E-state index contributed by atoms with van der Waals surface area (Å²) in [5.74, 6) is 1.29. The highest BCUT2D eigenvalue weighted by Crippen LogP contribution is 2.28. The third-order valence-corrected chi connectivity index (χ3v) is 3.93. The Morgan fingerprint density at radius 1 is 1.67 bits per heavy atom. The van der Waals surface area contributed by atoms with Crippen molar-refractivity contribution in [2.24, 2.45) is 5.73 Å². The molecule has 2 N–H and O–H groups in total. The van der Waals surface area contributed by atoms with Gasteiger partial charge in [0.2, 0.25) is 5.91 Å². The van der Waals surface area contributed by atoms with Crippen LogP contribution in [-0.4, -0.2) is 39.4 Å². The third kappa shape index (κ3) is 3.65. The van der Waals surface area contributed by atoms with Gasteiger partial charge in [-0.05, 0) is 32.4 Å². The summed E-state index contributed by atoms with van der Waals surface area (Å²) in [6, 6.07) is 0.167. The molecule has 15 heavy (non-hydrogen) atoms. The Hall–Kier alpha value is -0.290. The van der Waals surface area contributed by atoms with Crippen LogP contribution in [0.25, 0.3) is 0 Å². The van der Waals surface area contributed by atoms with E-state index in [9.17, 15) is 4.79 Å². The molecule has 0 spiro atoms. The first-order valence-corrected chi connectivity index (χ1v) is 6.68. The summed E-state index contributed by atoms with van der Waals surface area (Å²) >= 11 is 6.61. The molecule has 5 heteroatoms. The summed E-state index contributed by atoms with van der Waals surface area (Å²) in [6.07, 6.45) is 2.13. The summed E-state index contributed by atoms with van der Waals surface area (Å²) in [6.45, 7) is 4.40. The molecule has 3 nitrogen and oxygen atoms in total. The molecule has 0 aliphatic carbocycles. The summed E-state index contributed by atoms with van der Waals surface area (Å²) in [5.41, 5.74) is 5.50. The molecule has 0 saturated carbocycles. The van der Waals surface area contributed by atoms with E-state index in [1.165, 1.54) is 0 Å². The number of thiocarbonyl (C=S) groups is 1. The van der Waals surface area contributed by atoms with E-state index in [2.05, 4.69) is 0 Å². The molecular formula is C10H18N2OS2. The van der Waals surface area contributed by atoms with Crippen LogP contribution < -0.4 is 5.73 Å². The molecule has 0 aromatic rings. The van der Waals surface area contributed by atoms with Gasteiger partial charge in [-0.3, -0.25) is 4.79 Å². The standard InChI is InChI=1S/C10H18N2OS2/c1-7(2)12(6-9(11)14)10(13)8-4-3-5-15-8/h7-8H,3-6H2,1-2H3,(H2,11,14). The van der Waals surface area contributed by atoms with Crippen molar-refractivity contribution in [2.75, 3.05) is 12.3 Å². The number of amides is 1. The third-order valence-electron chi connectivity index (χ3n) is 2.44. The normalized spacial score (nSPS) is 20.6. The van der Waals surface area contributed by atoms with E-state index in [0.717, 1.165) is 18.6 Å². The largest absolute Gasteiger partial charge is 0.392 e. The summed E-state index contributed by atoms with van der Waals surface area (Å²) in [7, 11) is 0. The maximum absolute atomic E-state index is 12.1. The quantitative estimate of drug-likeness (QED) is 0.762. The second kappa shape index (κ2) is 5.70. The van der Waals surface area contributed by atoms with E-state index in [4.69, 9.17) is 18.0 Å². The second-order valence-corrected chi connectivity index (χ2v) is 5.86. The van der Waals surface area contributed by atoms with Crippen LogP contribution >= 0.6 is 24.0 Å². The van der Waals surface area contributed by atoms with Crippen molar-refractivity contribution in [3.05, 3.63) is 0 Å². The summed E-state index contributed by atoms with van der Waals surface area (Å²) < 4.78 is 0. The monoisotopic (exact) mass is 246 g/mol. The van der Waals surface area contributed by atoms with Crippen molar-refractivity contribution in [1.82, 2.24) is 4.90 Å². The summed E-state index contributed by atoms with van der Waals surface area (Å²) in [5, 5.41) is 0.127. The fourth-order valence-electron chi connectivity index (χ4n) is 1.64. The van der Waals surface area contributed by atoms with E-state index < -0.39 is 0 Å². The molecule has 1 atom stereocenters. The number of hydrogen-bond acceptors (Lipinski definition) is 3. The molecule has 1 saturated heterocycles. The van der Waals surface area contributed by atoms with Crippen LogP contribution in [0, 0.1) is 0 Å². The lowest BCUT2D eigenvalue weighted by Crippen LogP contribution is -2.45. The fraction of sp³-hybridized carbons (Fsp3) is 0.800. The molecule has 1 rings (SSSR count). The number of rotatable bonds is 4. The van der Waals surface area contributed by atoms with Gasteiger partial charge >= 0.3 is 0 Å². The van der Waals surface area contributed by atoms with Crippen LogP contribution in [0.3, 0.4) is 0 Å².